The third-order valence-electron chi connectivity index (χ3n) is 5.34. The maximum absolute atomic E-state index is 12.4. The van der Waals surface area contributed by atoms with Gasteiger partial charge in [0, 0.05) is 37.1 Å². The number of nitrogens with zero attached hydrogens (tertiary/aromatic N) is 3. The normalized spacial score (nSPS) is 17.6. The van der Waals surface area contributed by atoms with E-state index < -0.39 is 0 Å². The maximum atomic E-state index is 12.4. The number of carbonyl (C=O) groups excluding carboxylic acids is 2. The topological polar surface area (TPSA) is 75.2 Å². The molecule has 0 atom stereocenters. The fourth-order valence-corrected chi connectivity index (χ4v) is 3.53. The monoisotopic (exact) mass is 364 g/mol. The van der Waals surface area contributed by atoms with Gasteiger partial charge in [-0.15, -0.1) is 0 Å². The molecule has 1 aromatic carbocycles. The summed E-state index contributed by atoms with van der Waals surface area (Å²) in [6.07, 6.45) is 9.79. The van der Waals surface area contributed by atoms with Gasteiger partial charge in [-0.3, -0.25) is 14.6 Å². The predicted molar refractivity (Wildman–Crippen MR) is 101 cm³/mol. The van der Waals surface area contributed by atoms with Gasteiger partial charge in [-0.05, 0) is 55.7 Å². The van der Waals surface area contributed by atoms with Crippen molar-refractivity contribution < 1.29 is 9.59 Å². The highest BCUT2D eigenvalue weighted by Gasteiger charge is 2.25. The first-order valence-corrected chi connectivity index (χ1v) is 9.64. The van der Waals surface area contributed by atoms with Crippen LogP contribution in [0, 0.1) is 5.92 Å². The number of hydrogen-bond donors (Lipinski definition) is 1. The summed E-state index contributed by atoms with van der Waals surface area (Å²) < 4.78 is 0. The number of aromatic nitrogens is 2. The van der Waals surface area contributed by atoms with Gasteiger partial charge in [0.15, 0.2) is 0 Å². The van der Waals surface area contributed by atoms with E-state index in [4.69, 9.17) is 0 Å². The van der Waals surface area contributed by atoms with Gasteiger partial charge in [0.2, 0.25) is 0 Å². The Morgan fingerprint density at radius 2 is 1.78 bits per heavy atom. The van der Waals surface area contributed by atoms with E-state index in [1.54, 1.807) is 12.4 Å². The maximum Gasteiger partial charge on any atom is 0.274 e. The second-order valence-electron chi connectivity index (χ2n) is 7.48. The largest absolute Gasteiger partial charge is 0.349 e. The zero-order valence-corrected chi connectivity index (χ0v) is 15.3. The lowest BCUT2D eigenvalue weighted by molar-refractivity contribution is 0.0684. The molecule has 0 unspecified atom stereocenters. The summed E-state index contributed by atoms with van der Waals surface area (Å²) in [4.78, 5) is 34.4. The first-order valence-electron chi connectivity index (χ1n) is 9.64. The highest BCUT2D eigenvalue weighted by molar-refractivity contribution is 5.94. The van der Waals surface area contributed by atoms with Gasteiger partial charge >= 0.3 is 0 Å². The van der Waals surface area contributed by atoms with Gasteiger partial charge in [-0.2, -0.15) is 0 Å². The molecule has 1 saturated heterocycles. The molecule has 2 heterocycles. The Kier molecular flexibility index (Phi) is 5.14. The molecule has 1 N–H and O–H groups in total. The molecule has 0 bridgehead atoms. The van der Waals surface area contributed by atoms with E-state index in [2.05, 4.69) is 27.4 Å². The van der Waals surface area contributed by atoms with Gasteiger partial charge in [-0.25, -0.2) is 4.98 Å². The van der Waals surface area contributed by atoms with E-state index in [1.165, 1.54) is 11.8 Å². The van der Waals surface area contributed by atoms with Crippen LogP contribution in [0.3, 0.4) is 0 Å². The van der Waals surface area contributed by atoms with Crippen molar-refractivity contribution in [2.24, 2.45) is 5.92 Å². The van der Waals surface area contributed by atoms with Crippen molar-refractivity contribution in [2.45, 2.75) is 38.1 Å². The average molecular weight is 364 g/mol. The first-order chi connectivity index (χ1) is 13.2. The minimum Gasteiger partial charge on any atom is -0.349 e. The van der Waals surface area contributed by atoms with Crippen LogP contribution in [-0.2, 0) is 6.42 Å². The molecule has 6 heteroatoms. The van der Waals surface area contributed by atoms with Crippen molar-refractivity contribution in [1.29, 1.82) is 0 Å². The van der Waals surface area contributed by atoms with Gasteiger partial charge in [0.25, 0.3) is 11.8 Å². The number of benzene rings is 1. The lowest BCUT2D eigenvalue weighted by Crippen LogP contribution is -2.39. The number of hydrogen-bond acceptors (Lipinski definition) is 4. The molecule has 2 fully saturated rings. The Morgan fingerprint density at radius 1 is 1.04 bits per heavy atom. The van der Waals surface area contributed by atoms with Gasteiger partial charge in [0.05, 0.1) is 6.20 Å². The zero-order chi connectivity index (χ0) is 18.6. The number of likely N-dealkylation sites (tertiary alicyclic amines) is 1. The second kappa shape index (κ2) is 7.86. The van der Waals surface area contributed by atoms with Crippen LogP contribution >= 0.6 is 0 Å². The van der Waals surface area contributed by atoms with E-state index in [9.17, 15) is 9.59 Å². The number of piperidine rings is 1. The Morgan fingerprint density at radius 3 is 2.41 bits per heavy atom. The molecular weight excluding hydrogens is 340 g/mol. The predicted octanol–water partition coefficient (Wildman–Crippen LogP) is 2.46. The summed E-state index contributed by atoms with van der Waals surface area (Å²) in [6.45, 7) is 1.50. The lowest BCUT2D eigenvalue weighted by atomic mass is 9.90. The molecule has 140 valence electrons. The highest BCUT2D eigenvalue weighted by Crippen LogP contribution is 2.23. The number of carbonyl (C=O) groups is 2. The molecular formula is C21H24N4O2. The average Bonchev–Trinajstić information content (AvgIpc) is 3.53. The smallest absolute Gasteiger partial charge is 0.274 e. The van der Waals surface area contributed by atoms with E-state index in [-0.39, 0.29) is 11.8 Å². The Bertz CT molecular complexity index is 795. The third kappa shape index (κ3) is 4.51. The summed E-state index contributed by atoms with van der Waals surface area (Å²) in [5.41, 5.74) is 2.39. The van der Waals surface area contributed by atoms with Crippen LogP contribution in [0.15, 0.2) is 42.9 Å². The van der Waals surface area contributed by atoms with Gasteiger partial charge in [-0.1, -0.05) is 12.1 Å². The minimum atomic E-state index is -0.0346. The van der Waals surface area contributed by atoms with Crippen LogP contribution in [0.2, 0.25) is 0 Å². The van der Waals surface area contributed by atoms with Crippen LogP contribution in [-0.4, -0.2) is 45.8 Å². The van der Waals surface area contributed by atoms with E-state index in [0.717, 1.165) is 50.8 Å². The Labute approximate surface area is 159 Å². The highest BCUT2D eigenvalue weighted by atomic mass is 16.2. The molecule has 1 aromatic heterocycles. The molecule has 0 radical (unpaired) electrons. The van der Waals surface area contributed by atoms with Crippen molar-refractivity contribution in [1.82, 2.24) is 20.2 Å². The first kappa shape index (κ1) is 17.6. The molecule has 6 nitrogen and oxygen atoms in total. The molecule has 2 aromatic rings. The minimum absolute atomic E-state index is 0.0277. The zero-order valence-electron chi connectivity index (χ0n) is 15.3. The molecule has 1 aliphatic carbocycles. The molecule has 1 saturated carbocycles. The molecule has 4 rings (SSSR count). The summed E-state index contributed by atoms with van der Waals surface area (Å²) in [7, 11) is 0. The summed E-state index contributed by atoms with van der Waals surface area (Å²) in [6, 6.07) is 8.32. The van der Waals surface area contributed by atoms with Crippen LogP contribution in [0.5, 0.6) is 0 Å². The Hall–Kier alpha value is -2.76. The van der Waals surface area contributed by atoms with E-state index in [1.807, 2.05) is 17.0 Å². The standard InChI is InChI=1S/C21H24N4O2/c26-20(24-18-5-6-18)17-3-1-15(2-4-17)13-16-7-11-25(12-8-16)21(27)19-14-22-9-10-23-19/h1-4,9-10,14,16,18H,5-8,11-13H2,(H,24,26). The van der Waals surface area contributed by atoms with Crippen molar-refractivity contribution in [3.05, 3.63) is 59.7 Å². The molecule has 2 aliphatic rings. The van der Waals surface area contributed by atoms with Crippen LogP contribution in [0.25, 0.3) is 0 Å². The summed E-state index contributed by atoms with van der Waals surface area (Å²) in [5.74, 6) is 0.550. The second-order valence-corrected chi connectivity index (χ2v) is 7.48. The number of rotatable bonds is 5. The fourth-order valence-electron chi connectivity index (χ4n) is 3.53. The summed E-state index contributed by atoms with van der Waals surface area (Å²) in [5, 5.41) is 3.01. The SMILES string of the molecule is O=C(NC1CC1)c1ccc(CC2CCN(C(=O)c3cnccn3)CC2)cc1. The van der Waals surface area contributed by atoms with Gasteiger partial charge < -0.3 is 10.2 Å². The molecule has 2 amide bonds. The van der Waals surface area contributed by atoms with Crippen LogP contribution < -0.4 is 5.32 Å². The van der Waals surface area contributed by atoms with Crippen molar-refractivity contribution >= 4 is 11.8 Å². The number of nitrogens with one attached hydrogen (secondary N) is 1. The van der Waals surface area contributed by atoms with Crippen molar-refractivity contribution in [3.8, 4) is 0 Å². The van der Waals surface area contributed by atoms with Crippen LogP contribution in [0.1, 0.15) is 52.1 Å². The van der Waals surface area contributed by atoms with Gasteiger partial charge in [0.1, 0.15) is 5.69 Å². The van der Waals surface area contributed by atoms with Crippen molar-refractivity contribution in [3.63, 3.8) is 0 Å². The van der Waals surface area contributed by atoms with Crippen LogP contribution in [0.4, 0.5) is 0 Å². The van der Waals surface area contributed by atoms with Crippen molar-refractivity contribution in [2.75, 3.05) is 13.1 Å². The quantitative estimate of drug-likeness (QED) is 0.884. The molecule has 0 spiro atoms. The molecule has 27 heavy (non-hydrogen) atoms. The molecule has 1 aliphatic heterocycles. The van der Waals surface area contributed by atoms with E-state index in [0.29, 0.717) is 17.7 Å². The lowest BCUT2D eigenvalue weighted by Gasteiger charge is -2.31. The Balaban J connectivity index is 1.27. The summed E-state index contributed by atoms with van der Waals surface area (Å²) >= 11 is 0. The third-order valence-corrected chi connectivity index (χ3v) is 5.34. The number of amides is 2. The fraction of sp³-hybridized carbons (Fsp3) is 0.429. The van der Waals surface area contributed by atoms with E-state index >= 15 is 0 Å².